The Morgan fingerprint density at radius 3 is 2.53 bits per heavy atom. The Bertz CT molecular complexity index is 271. The second-order valence-corrected chi connectivity index (χ2v) is 4.45. The molecule has 2 nitrogen and oxygen atoms in total. The molecule has 0 spiro atoms. The van der Waals surface area contributed by atoms with Crippen LogP contribution in [0.5, 0.6) is 0 Å². The SMILES string of the molecule is CCOCC(CO)Cc1ccc(Br)cc1. The predicted octanol–water partition coefficient (Wildman–Crippen LogP) is 2.64. The van der Waals surface area contributed by atoms with Gasteiger partial charge in [0.1, 0.15) is 0 Å². The van der Waals surface area contributed by atoms with Crippen molar-refractivity contribution < 1.29 is 9.84 Å². The van der Waals surface area contributed by atoms with Crippen molar-refractivity contribution in [3.05, 3.63) is 34.3 Å². The summed E-state index contributed by atoms with van der Waals surface area (Å²) in [6, 6.07) is 8.17. The lowest BCUT2D eigenvalue weighted by Crippen LogP contribution is -2.16. The zero-order chi connectivity index (χ0) is 11.1. The minimum absolute atomic E-state index is 0.177. The van der Waals surface area contributed by atoms with Crippen molar-refractivity contribution in [2.24, 2.45) is 5.92 Å². The summed E-state index contributed by atoms with van der Waals surface area (Å²) in [5, 5.41) is 9.18. The highest BCUT2D eigenvalue weighted by Gasteiger charge is 2.08. The highest BCUT2D eigenvalue weighted by molar-refractivity contribution is 9.10. The van der Waals surface area contributed by atoms with Gasteiger partial charge in [0.05, 0.1) is 6.61 Å². The van der Waals surface area contributed by atoms with Gasteiger partial charge in [0, 0.05) is 23.6 Å². The summed E-state index contributed by atoms with van der Waals surface area (Å²) in [5.41, 5.74) is 1.23. The van der Waals surface area contributed by atoms with Gasteiger partial charge in [-0.05, 0) is 31.0 Å². The second kappa shape index (κ2) is 6.99. The smallest absolute Gasteiger partial charge is 0.0519 e. The molecular weight excluding hydrogens is 256 g/mol. The molecule has 0 aliphatic carbocycles. The molecule has 1 N–H and O–H groups in total. The highest BCUT2D eigenvalue weighted by atomic mass is 79.9. The van der Waals surface area contributed by atoms with E-state index in [9.17, 15) is 5.11 Å². The summed E-state index contributed by atoms with van der Waals surface area (Å²) in [6.07, 6.45) is 0.865. The first-order valence-electron chi connectivity index (χ1n) is 5.19. The van der Waals surface area contributed by atoms with Gasteiger partial charge in [-0.1, -0.05) is 28.1 Å². The molecule has 0 bridgehead atoms. The zero-order valence-corrected chi connectivity index (χ0v) is 10.5. The van der Waals surface area contributed by atoms with Gasteiger partial charge in [-0.25, -0.2) is 0 Å². The molecular formula is C12H17BrO2. The molecule has 1 aromatic carbocycles. The van der Waals surface area contributed by atoms with Crippen LogP contribution in [-0.2, 0) is 11.2 Å². The maximum atomic E-state index is 9.18. The normalized spacial score (nSPS) is 12.7. The number of ether oxygens (including phenoxy) is 1. The third-order valence-corrected chi connectivity index (χ3v) is 2.78. The molecule has 0 saturated heterocycles. The molecule has 1 rings (SSSR count). The lowest BCUT2D eigenvalue weighted by molar-refractivity contribution is 0.0810. The molecule has 0 aliphatic rings. The number of halogens is 1. The van der Waals surface area contributed by atoms with Gasteiger partial charge in [-0.15, -0.1) is 0 Å². The van der Waals surface area contributed by atoms with Crippen molar-refractivity contribution in [3.8, 4) is 0 Å². The van der Waals surface area contributed by atoms with Crippen molar-refractivity contribution >= 4 is 15.9 Å². The third-order valence-electron chi connectivity index (χ3n) is 2.25. The molecule has 1 aromatic rings. The molecule has 0 aliphatic heterocycles. The van der Waals surface area contributed by atoms with E-state index in [-0.39, 0.29) is 12.5 Å². The fraction of sp³-hybridized carbons (Fsp3) is 0.500. The Hall–Kier alpha value is -0.380. The van der Waals surface area contributed by atoms with Crippen LogP contribution in [0.4, 0.5) is 0 Å². The highest BCUT2D eigenvalue weighted by Crippen LogP contribution is 2.14. The van der Waals surface area contributed by atoms with Crippen LogP contribution in [0.25, 0.3) is 0 Å². The minimum Gasteiger partial charge on any atom is -0.396 e. The summed E-state index contributed by atoms with van der Waals surface area (Å²) < 4.78 is 6.39. The van der Waals surface area contributed by atoms with E-state index in [1.807, 2.05) is 19.1 Å². The standard InChI is InChI=1S/C12H17BrO2/c1-2-15-9-11(8-14)7-10-3-5-12(13)6-4-10/h3-6,11,14H,2,7-9H2,1H3. The van der Waals surface area contributed by atoms with Gasteiger partial charge in [0.15, 0.2) is 0 Å². The quantitative estimate of drug-likeness (QED) is 0.863. The van der Waals surface area contributed by atoms with Gasteiger partial charge in [0.2, 0.25) is 0 Å². The summed E-state index contributed by atoms with van der Waals surface area (Å²) in [6.45, 7) is 3.48. The predicted molar refractivity (Wildman–Crippen MR) is 64.9 cm³/mol. The Balaban J connectivity index is 2.47. The Morgan fingerprint density at radius 1 is 1.33 bits per heavy atom. The van der Waals surface area contributed by atoms with Crippen LogP contribution in [0.1, 0.15) is 12.5 Å². The Labute approximate surface area is 99.4 Å². The Kier molecular flexibility index (Phi) is 5.91. The third kappa shape index (κ3) is 4.78. The van der Waals surface area contributed by atoms with Gasteiger partial charge in [0.25, 0.3) is 0 Å². The maximum absolute atomic E-state index is 9.18. The molecule has 0 fully saturated rings. The van der Waals surface area contributed by atoms with Gasteiger partial charge < -0.3 is 9.84 Å². The van der Waals surface area contributed by atoms with Crippen molar-refractivity contribution in [2.45, 2.75) is 13.3 Å². The van der Waals surface area contributed by atoms with Crippen molar-refractivity contribution in [1.82, 2.24) is 0 Å². The number of hydrogen-bond donors (Lipinski definition) is 1. The number of hydrogen-bond acceptors (Lipinski definition) is 2. The number of aliphatic hydroxyl groups is 1. The molecule has 0 radical (unpaired) electrons. The molecule has 15 heavy (non-hydrogen) atoms. The molecule has 0 aromatic heterocycles. The van der Waals surface area contributed by atoms with Crippen molar-refractivity contribution in [2.75, 3.05) is 19.8 Å². The summed E-state index contributed by atoms with van der Waals surface area (Å²) >= 11 is 3.40. The van der Waals surface area contributed by atoms with Crippen LogP contribution in [0.3, 0.4) is 0 Å². The number of rotatable bonds is 6. The van der Waals surface area contributed by atoms with E-state index in [2.05, 4.69) is 28.1 Å². The van der Waals surface area contributed by atoms with Crippen LogP contribution in [-0.4, -0.2) is 24.9 Å². The van der Waals surface area contributed by atoms with E-state index in [1.165, 1.54) is 5.56 Å². The lowest BCUT2D eigenvalue weighted by Gasteiger charge is -2.13. The van der Waals surface area contributed by atoms with E-state index in [0.29, 0.717) is 13.2 Å². The number of aliphatic hydroxyl groups excluding tert-OH is 1. The van der Waals surface area contributed by atoms with Crippen molar-refractivity contribution in [3.63, 3.8) is 0 Å². The maximum Gasteiger partial charge on any atom is 0.0519 e. The largest absolute Gasteiger partial charge is 0.396 e. The zero-order valence-electron chi connectivity index (χ0n) is 8.95. The second-order valence-electron chi connectivity index (χ2n) is 3.54. The molecule has 0 amide bonds. The van der Waals surface area contributed by atoms with Crippen LogP contribution in [0.15, 0.2) is 28.7 Å². The fourth-order valence-electron chi connectivity index (χ4n) is 1.41. The van der Waals surface area contributed by atoms with E-state index in [1.54, 1.807) is 0 Å². The van der Waals surface area contributed by atoms with Crippen LogP contribution in [0, 0.1) is 5.92 Å². The molecule has 3 heteroatoms. The summed E-state index contributed by atoms with van der Waals surface area (Å²) in [5.74, 6) is 0.200. The van der Waals surface area contributed by atoms with E-state index in [4.69, 9.17) is 4.74 Å². The first kappa shape index (κ1) is 12.7. The topological polar surface area (TPSA) is 29.5 Å². The fourth-order valence-corrected chi connectivity index (χ4v) is 1.68. The molecule has 1 unspecified atom stereocenters. The average Bonchev–Trinajstić information content (AvgIpc) is 2.27. The first-order chi connectivity index (χ1) is 7.26. The van der Waals surface area contributed by atoms with E-state index < -0.39 is 0 Å². The van der Waals surface area contributed by atoms with Gasteiger partial charge in [-0.3, -0.25) is 0 Å². The van der Waals surface area contributed by atoms with Gasteiger partial charge >= 0.3 is 0 Å². The first-order valence-corrected chi connectivity index (χ1v) is 5.98. The van der Waals surface area contributed by atoms with E-state index >= 15 is 0 Å². The van der Waals surface area contributed by atoms with Gasteiger partial charge in [-0.2, -0.15) is 0 Å². The Morgan fingerprint density at radius 2 is 2.00 bits per heavy atom. The summed E-state index contributed by atoms with van der Waals surface area (Å²) in [7, 11) is 0. The number of benzene rings is 1. The monoisotopic (exact) mass is 272 g/mol. The minimum atomic E-state index is 0.177. The molecule has 0 heterocycles. The molecule has 0 saturated carbocycles. The van der Waals surface area contributed by atoms with Crippen LogP contribution in [0.2, 0.25) is 0 Å². The summed E-state index contributed by atoms with van der Waals surface area (Å²) in [4.78, 5) is 0. The molecule has 1 atom stereocenters. The van der Waals surface area contributed by atoms with Crippen LogP contribution >= 0.6 is 15.9 Å². The van der Waals surface area contributed by atoms with Crippen LogP contribution < -0.4 is 0 Å². The van der Waals surface area contributed by atoms with Crippen molar-refractivity contribution in [1.29, 1.82) is 0 Å². The van der Waals surface area contributed by atoms with E-state index in [0.717, 1.165) is 10.9 Å². The lowest BCUT2D eigenvalue weighted by atomic mass is 10.0. The molecule has 84 valence electrons. The average molecular weight is 273 g/mol.